The molecule has 0 spiro atoms. The van der Waals surface area contributed by atoms with E-state index in [1.807, 2.05) is 11.5 Å². The number of benzene rings is 1. The number of aromatic nitrogens is 2. The highest BCUT2D eigenvalue weighted by molar-refractivity contribution is 6.20. The van der Waals surface area contributed by atoms with Crippen LogP contribution in [0.1, 0.15) is 25.0 Å². The van der Waals surface area contributed by atoms with E-state index in [4.69, 9.17) is 16.3 Å². The van der Waals surface area contributed by atoms with Gasteiger partial charge in [-0.15, -0.1) is 11.6 Å². The van der Waals surface area contributed by atoms with E-state index in [0.717, 1.165) is 31.0 Å². The van der Waals surface area contributed by atoms with E-state index >= 15 is 0 Å². The van der Waals surface area contributed by atoms with Crippen molar-refractivity contribution < 1.29 is 9.13 Å². The second kappa shape index (κ2) is 6.62. The van der Waals surface area contributed by atoms with Crippen molar-refractivity contribution in [3.8, 4) is 5.75 Å². The maximum Gasteiger partial charge on any atom is 0.167 e. The lowest BCUT2D eigenvalue weighted by Crippen LogP contribution is -2.23. The molecule has 0 amide bonds. The van der Waals surface area contributed by atoms with Crippen LogP contribution in [-0.4, -0.2) is 41.7 Å². The lowest BCUT2D eigenvalue weighted by molar-refractivity contribution is 0.335. The zero-order valence-electron chi connectivity index (χ0n) is 12.9. The van der Waals surface area contributed by atoms with E-state index in [1.54, 1.807) is 6.07 Å². The van der Waals surface area contributed by atoms with Crippen LogP contribution in [0.25, 0.3) is 11.0 Å². The molecule has 116 valence electrons. The van der Waals surface area contributed by atoms with Crippen LogP contribution >= 0.6 is 11.6 Å². The number of alkyl halides is 1. The quantitative estimate of drug-likeness (QED) is 0.765. The summed E-state index contributed by atoms with van der Waals surface area (Å²) in [7, 11) is 3.52. The third-order valence-electron chi connectivity index (χ3n) is 3.65. The molecular weight excluding hydrogens is 293 g/mol. The highest BCUT2D eigenvalue weighted by atomic mass is 35.5. The molecule has 1 atom stereocenters. The first kappa shape index (κ1) is 16.0. The lowest BCUT2D eigenvalue weighted by Gasteiger charge is -2.16. The topological polar surface area (TPSA) is 30.3 Å². The van der Waals surface area contributed by atoms with Gasteiger partial charge in [0.25, 0.3) is 0 Å². The predicted octanol–water partition coefficient (Wildman–Crippen LogP) is 3.44. The standard InChI is InChI=1S/C15H21ClFN3O/c1-5-19(3)6-7-20-13-9-14(21-4)11(17)8-12(13)18-15(20)10(2)16/h8-10H,5-7H2,1-4H3. The van der Waals surface area contributed by atoms with Crippen LogP contribution in [0.5, 0.6) is 5.75 Å². The highest BCUT2D eigenvalue weighted by Gasteiger charge is 2.17. The van der Waals surface area contributed by atoms with Crippen LogP contribution in [0, 0.1) is 5.82 Å². The Labute approximate surface area is 129 Å². The van der Waals surface area contributed by atoms with Gasteiger partial charge in [0.05, 0.1) is 23.5 Å². The molecule has 0 bridgehead atoms. The van der Waals surface area contributed by atoms with E-state index < -0.39 is 5.82 Å². The first-order chi connectivity index (χ1) is 9.97. The Bertz CT molecular complexity index is 627. The number of rotatable bonds is 6. The number of fused-ring (bicyclic) bond motifs is 1. The Kier molecular flexibility index (Phi) is 5.06. The molecule has 6 heteroatoms. The summed E-state index contributed by atoms with van der Waals surface area (Å²) in [6, 6.07) is 3.09. The smallest absolute Gasteiger partial charge is 0.167 e. The molecule has 0 radical (unpaired) electrons. The van der Waals surface area contributed by atoms with Gasteiger partial charge in [-0.25, -0.2) is 9.37 Å². The Morgan fingerprint density at radius 3 is 2.76 bits per heavy atom. The van der Waals surface area contributed by atoms with Crippen LogP contribution in [0.15, 0.2) is 12.1 Å². The normalized spacial score (nSPS) is 13.1. The molecule has 0 saturated carbocycles. The summed E-state index contributed by atoms with van der Waals surface area (Å²) in [4.78, 5) is 6.67. The molecule has 1 aromatic heterocycles. The van der Waals surface area contributed by atoms with Crippen LogP contribution in [0.3, 0.4) is 0 Å². The van der Waals surface area contributed by atoms with Gasteiger partial charge in [0.1, 0.15) is 5.82 Å². The van der Waals surface area contributed by atoms with Gasteiger partial charge in [-0.2, -0.15) is 0 Å². The summed E-state index contributed by atoms with van der Waals surface area (Å²) in [6.45, 7) is 6.57. The van der Waals surface area contributed by atoms with E-state index in [1.165, 1.54) is 13.2 Å². The molecule has 0 saturated heterocycles. The van der Waals surface area contributed by atoms with Crippen molar-refractivity contribution in [2.45, 2.75) is 25.8 Å². The number of hydrogen-bond acceptors (Lipinski definition) is 3. The summed E-state index contributed by atoms with van der Waals surface area (Å²) in [6.07, 6.45) is 0. The maximum atomic E-state index is 13.8. The predicted molar refractivity (Wildman–Crippen MR) is 83.7 cm³/mol. The molecule has 0 aliphatic heterocycles. The largest absolute Gasteiger partial charge is 0.494 e. The van der Waals surface area contributed by atoms with E-state index in [0.29, 0.717) is 5.52 Å². The average molecular weight is 314 g/mol. The summed E-state index contributed by atoms with van der Waals surface area (Å²) < 4.78 is 20.9. The van der Waals surface area contributed by atoms with E-state index in [2.05, 4.69) is 23.9 Å². The molecule has 2 aromatic rings. The molecule has 21 heavy (non-hydrogen) atoms. The first-order valence-electron chi connectivity index (χ1n) is 7.04. The van der Waals surface area contributed by atoms with Crippen molar-refractivity contribution >= 4 is 22.6 Å². The zero-order chi connectivity index (χ0) is 15.6. The second-order valence-corrected chi connectivity index (χ2v) is 5.76. The summed E-state index contributed by atoms with van der Waals surface area (Å²) in [5.74, 6) is 0.569. The monoisotopic (exact) mass is 313 g/mol. The third-order valence-corrected chi connectivity index (χ3v) is 3.85. The van der Waals surface area contributed by atoms with Crippen LogP contribution in [0.4, 0.5) is 4.39 Å². The maximum absolute atomic E-state index is 13.8. The zero-order valence-corrected chi connectivity index (χ0v) is 13.6. The molecule has 0 fully saturated rings. The van der Waals surface area contributed by atoms with Crippen LogP contribution < -0.4 is 4.74 Å². The molecule has 1 heterocycles. The van der Waals surface area contributed by atoms with Gasteiger partial charge < -0.3 is 14.2 Å². The van der Waals surface area contributed by atoms with Crippen molar-refractivity contribution in [2.24, 2.45) is 0 Å². The fourth-order valence-electron chi connectivity index (χ4n) is 2.27. The number of ether oxygens (including phenoxy) is 1. The summed E-state index contributed by atoms with van der Waals surface area (Å²) in [5.41, 5.74) is 1.45. The molecular formula is C15H21ClFN3O. The summed E-state index contributed by atoms with van der Waals surface area (Å²) >= 11 is 6.22. The molecule has 0 aliphatic carbocycles. The fourth-order valence-corrected chi connectivity index (χ4v) is 2.44. The minimum absolute atomic E-state index is 0.223. The van der Waals surface area contributed by atoms with Crippen molar-refractivity contribution in [2.75, 3.05) is 27.2 Å². The number of hydrogen-bond donors (Lipinski definition) is 0. The SMILES string of the molecule is CCN(C)CCn1c(C(C)Cl)nc2cc(F)c(OC)cc21. The number of methoxy groups -OCH3 is 1. The number of likely N-dealkylation sites (N-methyl/N-ethyl adjacent to an activating group) is 1. The molecule has 0 aliphatic rings. The van der Waals surface area contributed by atoms with E-state index in [-0.39, 0.29) is 11.1 Å². The molecule has 1 unspecified atom stereocenters. The van der Waals surface area contributed by atoms with Gasteiger partial charge in [0.15, 0.2) is 11.6 Å². The summed E-state index contributed by atoms with van der Waals surface area (Å²) in [5, 5.41) is -0.238. The molecule has 1 aromatic carbocycles. The molecule has 0 N–H and O–H groups in total. The lowest BCUT2D eigenvalue weighted by atomic mass is 10.3. The van der Waals surface area contributed by atoms with Crippen LogP contribution in [0.2, 0.25) is 0 Å². The number of imidazole rings is 1. The molecule has 4 nitrogen and oxygen atoms in total. The Hall–Kier alpha value is -1.33. The van der Waals surface area contributed by atoms with Gasteiger partial charge in [0, 0.05) is 25.2 Å². The van der Waals surface area contributed by atoms with Crippen LogP contribution in [-0.2, 0) is 6.54 Å². The highest BCUT2D eigenvalue weighted by Crippen LogP contribution is 2.29. The van der Waals surface area contributed by atoms with Gasteiger partial charge in [-0.05, 0) is 20.5 Å². The third kappa shape index (κ3) is 3.30. The average Bonchev–Trinajstić information content (AvgIpc) is 2.81. The fraction of sp³-hybridized carbons (Fsp3) is 0.533. The number of nitrogens with zero attached hydrogens (tertiary/aromatic N) is 3. The first-order valence-corrected chi connectivity index (χ1v) is 7.47. The van der Waals surface area contributed by atoms with Crippen molar-refractivity contribution in [3.63, 3.8) is 0 Å². The molecule has 2 rings (SSSR count). The number of halogens is 2. The Morgan fingerprint density at radius 2 is 2.19 bits per heavy atom. The van der Waals surface area contributed by atoms with Gasteiger partial charge in [-0.3, -0.25) is 0 Å². The second-order valence-electron chi connectivity index (χ2n) is 5.11. The van der Waals surface area contributed by atoms with Crippen molar-refractivity contribution in [3.05, 3.63) is 23.8 Å². The van der Waals surface area contributed by atoms with Crippen molar-refractivity contribution in [1.29, 1.82) is 0 Å². The Balaban J connectivity index is 2.50. The van der Waals surface area contributed by atoms with E-state index in [9.17, 15) is 4.39 Å². The van der Waals surface area contributed by atoms with Gasteiger partial charge in [0.2, 0.25) is 0 Å². The Morgan fingerprint density at radius 1 is 1.48 bits per heavy atom. The van der Waals surface area contributed by atoms with Gasteiger partial charge >= 0.3 is 0 Å². The van der Waals surface area contributed by atoms with Crippen molar-refractivity contribution in [1.82, 2.24) is 14.5 Å². The minimum atomic E-state index is -0.408. The van der Waals surface area contributed by atoms with Gasteiger partial charge in [-0.1, -0.05) is 6.92 Å². The minimum Gasteiger partial charge on any atom is -0.494 e.